The topological polar surface area (TPSA) is 20.3 Å². The molecule has 0 aromatic heterocycles. The molecule has 2 nitrogen and oxygen atoms in total. The quantitative estimate of drug-likeness (QED) is 0.792. The number of likely N-dealkylation sites (tertiary alicyclic amines) is 1. The fourth-order valence-electron chi connectivity index (χ4n) is 2.92. The lowest BCUT2D eigenvalue weighted by Gasteiger charge is -2.25. The van der Waals surface area contributed by atoms with Crippen LogP contribution >= 0.6 is 11.6 Å². The van der Waals surface area contributed by atoms with Gasteiger partial charge in [0.1, 0.15) is 11.6 Å². The van der Waals surface area contributed by atoms with Crippen LogP contribution in [0.1, 0.15) is 34.8 Å². The van der Waals surface area contributed by atoms with Crippen LogP contribution in [0.25, 0.3) is 0 Å². The lowest BCUT2D eigenvalue weighted by Crippen LogP contribution is -2.31. The predicted molar refractivity (Wildman–Crippen MR) is 80.8 cm³/mol. The van der Waals surface area contributed by atoms with Crippen molar-refractivity contribution in [1.82, 2.24) is 4.90 Å². The summed E-state index contributed by atoms with van der Waals surface area (Å²) in [6.45, 7) is 0.505. The number of carbonyl (C=O) groups is 1. The molecule has 2 aromatic carbocycles. The highest BCUT2D eigenvalue weighted by Gasteiger charge is 2.32. The molecule has 114 valence electrons. The number of halogens is 3. The first-order valence-corrected chi connectivity index (χ1v) is 7.46. The fourth-order valence-corrected chi connectivity index (χ4v) is 3.16. The molecule has 1 unspecified atom stereocenters. The van der Waals surface area contributed by atoms with Gasteiger partial charge in [-0.1, -0.05) is 29.8 Å². The molecular weight excluding hydrogens is 308 g/mol. The van der Waals surface area contributed by atoms with Crippen LogP contribution in [0, 0.1) is 11.6 Å². The summed E-state index contributed by atoms with van der Waals surface area (Å²) >= 11 is 5.97. The van der Waals surface area contributed by atoms with Gasteiger partial charge in [0.15, 0.2) is 0 Å². The first kappa shape index (κ1) is 15.0. The maximum absolute atomic E-state index is 14.0. The second-order valence-electron chi connectivity index (χ2n) is 5.31. The van der Waals surface area contributed by atoms with Gasteiger partial charge in [-0.2, -0.15) is 0 Å². The van der Waals surface area contributed by atoms with Crippen molar-refractivity contribution in [3.05, 3.63) is 70.2 Å². The molecule has 1 atom stereocenters. The third-order valence-corrected chi connectivity index (χ3v) is 4.24. The zero-order valence-corrected chi connectivity index (χ0v) is 12.5. The minimum Gasteiger partial charge on any atom is -0.331 e. The second-order valence-corrected chi connectivity index (χ2v) is 5.72. The first-order valence-electron chi connectivity index (χ1n) is 7.08. The van der Waals surface area contributed by atoms with Crippen LogP contribution in [-0.2, 0) is 0 Å². The molecule has 2 aromatic rings. The Morgan fingerprint density at radius 1 is 1.18 bits per heavy atom. The standard InChI is InChI=1S/C17H14ClF2NO/c18-13-6-2-7-14(20)16(13)17(22)21-9-3-8-15(21)11-4-1-5-12(19)10-11/h1-2,4-7,10,15H,3,8-9H2. The van der Waals surface area contributed by atoms with E-state index in [0.717, 1.165) is 18.4 Å². The summed E-state index contributed by atoms with van der Waals surface area (Å²) in [6.07, 6.45) is 1.51. The van der Waals surface area contributed by atoms with Crippen molar-refractivity contribution in [2.75, 3.05) is 6.54 Å². The van der Waals surface area contributed by atoms with Gasteiger partial charge >= 0.3 is 0 Å². The van der Waals surface area contributed by atoms with E-state index in [1.807, 2.05) is 0 Å². The second kappa shape index (κ2) is 6.05. The monoisotopic (exact) mass is 321 g/mol. The summed E-state index contributed by atoms with van der Waals surface area (Å²) in [6, 6.07) is 10.1. The number of rotatable bonds is 2. The average molecular weight is 322 g/mol. The largest absolute Gasteiger partial charge is 0.331 e. The normalized spacial score (nSPS) is 17.8. The Hall–Kier alpha value is -1.94. The molecule has 1 aliphatic heterocycles. The van der Waals surface area contributed by atoms with Crippen molar-refractivity contribution in [2.45, 2.75) is 18.9 Å². The molecular formula is C17H14ClF2NO. The Kier molecular flexibility index (Phi) is 4.12. The van der Waals surface area contributed by atoms with Gasteiger partial charge in [-0.3, -0.25) is 4.79 Å². The van der Waals surface area contributed by atoms with E-state index in [4.69, 9.17) is 11.6 Å². The van der Waals surface area contributed by atoms with Gasteiger partial charge in [-0.15, -0.1) is 0 Å². The Bertz CT molecular complexity index is 699. The number of amides is 1. The number of carbonyl (C=O) groups excluding carboxylic acids is 1. The molecule has 0 radical (unpaired) electrons. The summed E-state index contributed by atoms with van der Waals surface area (Å²) in [5.41, 5.74) is 0.603. The Morgan fingerprint density at radius 3 is 2.68 bits per heavy atom. The molecule has 5 heteroatoms. The van der Waals surface area contributed by atoms with Crippen LogP contribution in [0.5, 0.6) is 0 Å². The van der Waals surface area contributed by atoms with E-state index in [2.05, 4.69) is 0 Å². The van der Waals surface area contributed by atoms with Crippen LogP contribution in [0.4, 0.5) is 8.78 Å². The van der Waals surface area contributed by atoms with Gasteiger partial charge in [-0.05, 0) is 42.7 Å². The highest BCUT2D eigenvalue weighted by Crippen LogP contribution is 2.34. The summed E-state index contributed by atoms with van der Waals surface area (Å²) < 4.78 is 27.4. The van der Waals surface area contributed by atoms with Gasteiger partial charge in [0.2, 0.25) is 0 Å². The number of hydrogen-bond acceptors (Lipinski definition) is 1. The number of benzene rings is 2. The molecule has 3 rings (SSSR count). The molecule has 0 bridgehead atoms. The minimum atomic E-state index is -0.637. The summed E-state index contributed by atoms with van der Waals surface area (Å²) in [5.74, 6) is -1.43. The maximum Gasteiger partial charge on any atom is 0.258 e. The Balaban J connectivity index is 1.95. The smallest absolute Gasteiger partial charge is 0.258 e. The van der Waals surface area contributed by atoms with Crippen molar-refractivity contribution < 1.29 is 13.6 Å². The van der Waals surface area contributed by atoms with Gasteiger partial charge in [0, 0.05) is 6.54 Å². The number of hydrogen-bond donors (Lipinski definition) is 0. The lowest BCUT2D eigenvalue weighted by molar-refractivity contribution is 0.0731. The molecule has 1 heterocycles. The maximum atomic E-state index is 14.0. The van der Waals surface area contributed by atoms with Crippen LogP contribution in [0.15, 0.2) is 42.5 Å². The molecule has 1 amide bonds. The molecule has 1 aliphatic rings. The summed E-state index contributed by atoms with van der Waals surface area (Å²) in [5, 5.41) is 0.0925. The van der Waals surface area contributed by atoms with E-state index in [1.54, 1.807) is 17.0 Å². The van der Waals surface area contributed by atoms with Crippen LogP contribution in [0.2, 0.25) is 5.02 Å². The molecule has 0 aliphatic carbocycles. The Morgan fingerprint density at radius 2 is 1.95 bits per heavy atom. The van der Waals surface area contributed by atoms with E-state index >= 15 is 0 Å². The minimum absolute atomic E-state index is 0.0925. The van der Waals surface area contributed by atoms with Crippen LogP contribution in [-0.4, -0.2) is 17.4 Å². The molecule has 1 saturated heterocycles. The van der Waals surface area contributed by atoms with E-state index in [0.29, 0.717) is 6.54 Å². The van der Waals surface area contributed by atoms with E-state index < -0.39 is 11.7 Å². The van der Waals surface area contributed by atoms with E-state index in [-0.39, 0.29) is 22.4 Å². The zero-order valence-electron chi connectivity index (χ0n) is 11.7. The molecule has 0 spiro atoms. The highest BCUT2D eigenvalue weighted by molar-refractivity contribution is 6.33. The number of nitrogens with zero attached hydrogens (tertiary/aromatic N) is 1. The third kappa shape index (κ3) is 2.71. The molecule has 0 N–H and O–H groups in total. The van der Waals surface area contributed by atoms with Crippen molar-refractivity contribution >= 4 is 17.5 Å². The predicted octanol–water partition coefficient (Wildman–Crippen LogP) is 4.60. The van der Waals surface area contributed by atoms with Gasteiger partial charge in [-0.25, -0.2) is 8.78 Å². The van der Waals surface area contributed by atoms with Crippen LogP contribution < -0.4 is 0 Å². The molecule has 1 fully saturated rings. The average Bonchev–Trinajstić information content (AvgIpc) is 2.96. The SMILES string of the molecule is O=C(c1c(F)cccc1Cl)N1CCCC1c1cccc(F)c1. The third-order valence-electron chi connectivity index (χ3n) is 3.92. The van der Waals surface area contributed by atoms with E-state index in [9.17, 15) is 13.6 Å². The zero-order chi connectivity index (χ0) is 15.7. The van der Waals surface area contributed by atoms with E-state index in [1.165, 1.54) is 30.3 Å². The van der Waals surface area contributed by atoms with Crippen molar-refractivity contribution in [3.8, 4) is 0 Å². The van der Waals surface area contributed by atoms with Gasteiger partial charge in [0.25, 0.3) is 5.91 Å². The summed E-state index contributed by atoms with van der Waals surface area (Å²) in [4.78, 5) is 14.2. The van der Waals surface area contributed by atoms with Crippen molar-refractivity contribution in [3.63, 3.8) is 0 Å². The fraction of sp³-hybridized carbons (Fsp3) is 0.235. The summed E-state index contributed by atoms with van der Waals surface area (Å²) in [7, 11) is 0. The van der Waals surface area contributed by atoms with Crippen LogP contribution in [0.3, 0.4) is 0 Å². The molecule has 22 heavy (non-hydrogen) atoms. The van der Waals surface area contributed by atoms with Crippen molar-refractivity contribution in [2.24, 2.45) is 0 Å². The highest BCUT2D eigenvalue weighted by atomic mass is 35.5. The van der Waals surface area contributed by atoms with Gasteiger partial charge < -0.3 is 4.90 Å². The first-order chi connectivity index (χ1) is 10.6. The van der Waals surface area contributed by atoms with Crippen molar-refractivity contribution in [1.29, 1.82) is 0 Å². The lowest BCUT2D eigenvalue weighted by atomic mass is 10.0. The molecule has 0 saturated carbocycles. The van der Waals surface area contributed by atoms with Gasteiger partial charge in [0.05, 0.1) is 16.6 Å². The Labute approximate surface area is 132 Å².